The molecule has 0 radical (unpaired) electrons. The van der Waals surface area contributed by atoms with E-state index < -0.39 is 0 Å². The van der Waals surface area contributed by atoms with Gasteiger partial charge in [0.25, 0.3) is 0 Å². The highest BCUT2D eigenvalue weighted by atomic mass is 32.1. The van der Waals surface area contributed by atoms with Crippen LogP contribution in [0.2, 0.25) is 0 Å². The fraction of sp³-hybridized carbons (Fsp3) is 0. The first-order valence-electron chi connectivity index (χ1n) is 4.81. The molecule has 2 aromatic carbocycles. The Morgan fingerprint density at radius 1 is 0.800 bits per heavy atom. The smallest absolute Gasteiger partial charge is 0.00404 e. The Labute approximate surface area is 95.7 Å². The average Bonchev–Trinajstić information content (AvgIpc) is 2.30. The van der Waals surface area contributed by atoms with Crippen molar-refractivity contribution in [2.45, 2.75) is 4.90 Å². The summed E-state index contributed by atoms with van der Waals surface area (Å²) in [4.78, 5) is 0.972. The van der Waals surface area contributed by atoms with E-state index in [4.69, 9.17) is 0 Å². The average molecular weight is 212 g/mol. The van der Waals surface area contributed by atoms with Gasteiger partial charge in [-0.2, -0.15) is 0 Å². The highest BCUT2D eigenvalue weighted by Gasteiger charge is 2.00. The minimum Gasteiger partial charge on any atom is -0.143 e. The Hall–Kier alpha value is -1.47. The minimum atomic E-state index is 0.972. The first-order chi connectivity index (χ1) is 7.27. The van der Waals surface area contributed by atoms with Gasteiger partial charge in [-0.3, -0.25) is 0 Å². The maximum Gasteiger partial charge on any atom is 0.00404 e. The van der Waals surface area contributed by atoms with Crippen LogP contribution in [0.25, 0.3) is 5.57 Å². The van der Waals surface area contributed by atoms with Gasteiger partial charge in [0.2, 0.25) is 0 Å². The van der Waals surface area contributed by atoms with E-state index >= 15 is 0 Å². The van der Waals surface area contributed by atoms with Crippen LogP contribution in [0.4, 0.5) is 0 Å². The van der Waals surface area contributed by atoms with Gasteiger partial charge in [-0.1, -0.05) is 49.0 Å². The molecule has 0 N–H and O–H groups in total. The molecule has 0 bridgehead atoms. The van der Waals surface area contributed by atoms with Gasteiger partial charge in [-0.25, -0.2) is 0 Å². The van der Waals surface area contributed by atoms with Gasteiger partial charge < -0.3 is 0 Å². The fourth-order valence-corrected chi connectivity index (χ4v) is 1.62. The normalized spacial score (nSPS) is 9.93. The van der Waals surface area contributed by atoms with Gasteiger partial charge in [-0.15, -0.1) is 12.6 Å². The van der Waals surface area contributed by atoms with Crippen LogP contribution in [0.5, 0.6) is 0 Å². The summed E-state index contributed by atoms with van der Waals surface area (Å²) in [5, 5.41) is 0. The Morgan fingerprint density at radius 3 is 1.93 bits per heavy atom. The number of hydrogen-bond acceptors (Lipinski definition) is 1. The van der Waals surface area contributed by atoms with Crippen LogP contribution in [0.1, 0.15) is 11.1 Å². The first kappa shape index (κ1) is 10.1. The first-order valence-corrected chi connectivity index (χ1v) is 5.26. The van der Waals surface area contributed by atoms with Crippen LogP contribution in [-0.4, -0.2) is 0 Å². The lowest BCUT2D eigenvalue weighted by atomic mass is 10.00. The number of rotatable bonds is 2. The van der Waals surface area contributed by atoms with Gasteiger partial charge in [0.15, 0.2) is 0 Å². The van der Waals surface area contributed by atoms with Crippen LogP contribution in [0.15, 0.2) is 66.1 Å². The van der Waals surface area contributed by atoms with Gasteiger partial charge >= 0.3 is 0 Å². The highest BCUT2D eigenvalue weighted by Crippen LogP contribution is 2.21. The van der Waals surface area contributed by atoms with Crippen molar-refractivity contribution in [1.82, 2.24) is 0 Å². The zero-order chi connectivity index (χ0) is 10.7. The molecule has 0 unspecified atom stereocenters. The van der Waals surface area contributed by atoms with Gasteiger partial charge in [0.1, 0.15) is 0 Å². The van der Waals surface area contributed by atoms with E-state index in [-0.39, 0.29) is 0 Å². The minimum absolute atomic E-state index is 0.972. The zero-order valence-electron chi connectivity index (χ0n) is 8.35. The molecule has 2 aromatic rings. The Bertz CT molecular complexity index is 454. The predicted molar refractivity (Wildman–Crippen MR) is 68.3 cm³/mol. The van der Waals surface area contributed by atoms with E-state index in [9.17, 15) is 0 Å². The molecule has 0 aromatic heterocycles. The molecule has 0 aliphatic rings. The summed E-state index contributed by atoms with van der Waals surface area (Å²) < 4.78 is 0. The third-order valence-electron chi connectivity index (χ3n) is 2.34. The molecule has 0 saturated heterocycles. The van der Waals surface area contributed by atoms with Crippen LogP contribution in [0, 0.1) is 0 Å². The van der Waals surface area contributed by atoms with E-state index in [0.29, 0.717) is 0 Å². The topological polar surface area (TPSA) is 0 Å². The van der Waals surface area contributed by atoms with Gasteiger partial charge in [-0.05, 0) is 28.8 Å². The lowest BCUT2D eigenvalue weighted by Gasteiger charge is -2.05. The van der Waals surface area contributed by atoms with Crippen LogP contribution >= 0.6 is 12.6 Å². The summed E-state index contributed by atoms with van der Waals surface area (Å²) in [6.07, 6.45) is 0. The second kappa shape index (κ2) is 4.37. The Balaban J connectivity index is 2.33. The van der Waals surface area contributed by atoms with Crippen molar-refractivity contribution in [2.75, 3.05) is 0 Å². The lowest BCUT2D eigenvalue weighted by molar-refractivity contribution is 1.44. The summed E-state index contributed by atoms with van der Waals surface area (Å²) in [5.74, 6) is 0. The monoisotopic (exact) mass is 212 g/mol. The molecule has 0 saturated carbocycles. The van der Waals surface area contributed by atoms with Crippen molar-refractivity contribution >= 4 is 18.2 Å². The Kier molecular flexibility index (Phi) is 2.93. The molecule has 74 valence electrons. The van der Waals surface area contributed by atoms with Gasteiger partial charge in [0.05, 0.1) is 0 Å². The molecular formula is C14H12S. The lowest BCUT2D eigenvalue weighted by Crippen LogP contribution is -1.84. The van der Waals surface area contributed by atoms with E-state index in [1.54, 1.807) is 0 Å². The predicted octanol–water partition coefficient (Wildman–Crippen LogP) is 4.04. The number of thiol groups is 1. The van der Waals surface area contributed by atoms with Crippen molar-refractivity contribution in [3.8, 4) is 0 Å². The van der Waals surface area contributed by atoms with E-state index in [1.807, 2.05) is 42.5 Å². The molecule has 0 fully saturated rings. The van der Waals surface area contributed by atoms with Crippen molar-refractivity contribution in [3.63, 3.8) is 0 Å². The van der Waals surface area contributed by atoms with Crippen molar-refractivity contribution in [3.05, 3.63) is 72.3 Å². The SMILES string of the molecule is C=C(c1ccccc1)c1ccc(S)cc1. The molecule has 0 nitrogen and oxygen atoms in total. The van der Waals surface area contributed by atoms with Crippen molar-refractivity contribution in [1.29, 1.82) is 0 Å². The van der Waals surface area contributed by atoms with Gasteiger partial charge in [0, 0.05) is 4.90 Å². The molecule has 15 heavy (non-hydrogen) atoms. The highest BCUT2D eigenvalue weighted by molar-refractivity contribution is 7.80. The van der Waals surface area contributed by atoms with E-state index in [2.05, 4.69) is 31.3 Å². The summed E-state index contributed by atoms with van der Waals surface area (Å²) >= 11 is 4.26. The largest absolute Gasteiger partial charge is 0.143 e. The molecule has 0 amide bonds. The number of hydrogen-bond donors (Lipinski definition) is 1. The second-order valence-corrected chi connectivity index (χ2v) is 3.91. The zero-order valence-corrected chi connectivity index (χ0v) is 9.24. The molecule has 2 rings (SSSR count). The third kappa shape index (κ3) is 2.31. The summed E-state index contributed by atoms with van der Waals surface area (Å²) in [5.41, 5.74) is 3.34. The summed E-state index contributed by atoms with van der Waals surface area (Å²) in [7, 11) is 0. The molecule has 0 heterocycles. The fourth-order valence-electron chi connectivity index (χ4n) is 1.47. The standard InChI is InChI=1S/C14H12S/c1-11(12-5-3-2-4-6-12)13-7-9-14(15)10-8-13/h2-10,15H,1H2. The summed E-state index contributed by atoms with van der Waals surface area (Å²) in [6.45, 7) is 4.10. The van der Waals surface area contributed by atoms with Crippen LogP contribution in [0.3, 0.4) is 0 Å². The van der Waals surface area contributed by atoms with Crippen LogP contribution < -0.4 is 0 Å². The molecule has 0 aliphatic carbocycles. The van der Waals surface area contributed by atoms with Crippen molar-refractivity contribution < 1.29 is 0 Å². The molecule has 1 heteroatoms. The molecule has 0 atom stereocenters. The van der Waals surface area contributed by atoms with Crippen molar-refractivity contribution in [2.24, 2.45) is 0 Å². The maximum absolute atomic E-state index is 4.26. The third-order valence-corrected chi connectivity index (χ3v) is 2.64. The Morgan fingerprint density at radius 2 is 1.33 bits per heavy atom. The second-order valence-electron chi connectivity index (χ2n) is 3.39. The summed E-state index contributed by atoms with van der Waals surface area (Å²) in [6, 6.07) is 18.2. The quantitative estimate of drug-likeness (QED) is 0.714. The maximum atomic E-state index is 4.26. The molecule has 0 aliphatic heterocycles. The van der Waals surface area contributed by atoms with E-state index in [1.165, 1.54) is 0 Å². The number of benzene rings is 2. The molecular weight excluding hydrogens is 200 g/mol. The molecule has 0 spiro atoms. The van der Waals surface area contributed by atoms with Crippen LogP contribution in [-0.2, 0) is 0 Å². The van der Waals surface area contributed by atoms with E-state index in [0.717, 1.165) is 21.6 Å².